The van der Waals surface area contributed by atoms with Gasteiger partial charge >= 0.3 is 0 Å². The summed E-state index contributed by atoms with van der Waals surface area (Å²) in [5.41, 5.74) is 1.37. The first-order chi connectivity index (χ1) is 16.0. The summed E-state index contributed by atoms with van der Waals surface area (Å²) in [6.45, 7) is 1.97. The van der Waals surface area contributed by atoms with Gasteiger partial charge in [-0.1, -0.05) is 18.2 Å². The number of hydrogen-bond donors (Lipinski definition) is 2. The maximum Gasteiger partial charge on any atom is 0.257 e. The molecule has 1 aliphatic carbocycles. The molecule has 1 amide bonds. The van der Waals surface area contributed by atoms with Gasteiger partial charge in [-0.05, 0) is 56.9 Å². The molecule has 0 aliphatic heterocycles. The molecule has 8 nitrogen and oxygen atoms in total. The zero-order chi connectivity index (χ0) is 23.2. The largest absolute Gasteiger partial charge is 0.438 e. The first kappa shape index (κ1) is 25.2. The van der Waals surface area contributed by atoms with Crippen LogP contribution < -0.4 is 20.3 Å². The molecule has 1 aliphatic rings. The smallest absolute Gasteiger partial charge is 0.257 e. The number of para-hydroxylation sites is 1. The van der Waals surface area contributed by atoms with Gasteiger partial charge in [0.1, 0.15) is 17.1 Å². The lowest BCUT2D eigenvalue weighted by atomic mass is 9.91. The average molecular weight is 483 g/mol. The number of anilines is 2. The van der Waals surface area contributed by atoms with Gasteiger partial charge in [-0.3, -0.25) is 4.79 Å². The van der Waals surface area contributed by atoms with Crippen molar-refractivity contribution in [1.29, 1.82) is 0 Å². The van der Waals surface area contributed by atoms with Gasteiger partial charge in [-0.2, -0.15) is 4.98 Å². The number of amides is 1. The first-order valence-electron chi connectivity index (χ1n) is 11.3. The SMILES string of the molecule is Cc1cc(N(C)C)nc(N[C@H]2CC[C@@H](NC(=O)c3cccnc3Oc3ccccc3)CC2)n1.Cl. The van der Waals surface area contributed by atoms with E-state index in [2.05, 4.69) is 25.6 Å². The summed E-state index contributed by atoms with van der Waals surface area (Å²) in [7, 11) is 3.94. The summed E-state index contributed by atoms with van der Waals surface area (Å²) in [4.78, 5) is 28.3. The van der Waals surface area contributed by atoms with E-state index >= 15 is 0 Å². The second kappa shape index (κ2) is 11.7. The number of carbonyl (C=O) groups is 1. The molecule has 0 spiro atoms. The number of rotatable bonds is 7. The van der Waals surface area contributed by atoms with Crippen LogP contribution in [-0.4, -0.2) is 47.0 Å². The number of nitrogens with zero attached hydrogens (tertiary/aromatic N) is 4. The first-order valence-corrected chi connectivity index (χ1v) is 11.3. The maximum absolute atomic E-state index is 13.0. The number of aromatic nitrogens is 3. The zero-order valence-electron chi connectivity index (χ0n) is 19.7. The third kappa shape index (κ3) is 6.57. The van der Waals surface area contributed by atoms with Crippen LogP contribution in [0.3, 0.4) is 0 Å². The van der Waals surface area contributed by atoms with Crippen LogP contribution in [0.1, 0.15) is 41.7 Å². The summed E-state index contributed by atoms with van der Waals surface area (Å²) in [6.07, 6.45) is 5.25. The molecule has 2 heterocycles. The van der Waals surface area contributed by atoms with Crippen molar-refractivity contribution < 1.29 is 9.53 Å². The molecule has 0 atom stereocenters. The Balaban J connectivity index is 0.00000324. The number of ether oxygens (including phenoxy) is 1. The average Bonchev–Trinajstić information content (AvgIpc) is 2.81. The number of hydrogen-bond acceptors (Lipinski definition) is 7. The Morgan fingerprint density at radius 1 is 1.00 bits per heavy atom. The number of halogens is 1. The highest BCUT2D eigenvalue weighted by Gasteiger charge is 2.25. The molecule has 1 fully saturated rings. The fourth-order valence-electron chi connectivity index (χ4n) is 3.92. The summed E-state index contributed by atoms with van der Waals surface area (Å²) >= 11 is 0. The molecule has 0 saturated heterocycles. The Labute approximate surface area is 206 Å². The van der Waals surface area contributed by atoms with E-state index in [4.69, 9.17) is 4.74 Å². The van der Waals surface area contributed by atoms with Crippen LogP contribution in [0.5, 0.6) is 11.6 Å². The quantitative estimate of drug-likeness (QED) is 0.507. The molecule has 2 N–H and O–H groups in total. The van der Waals surface area contributed by atoms with Crippen molar-refractivity contribution in [2.75, 3.05) is 24.3 Å². The summed E-state index contributed by atoms with van der Waals surface area (Å²) in [5.74, 6) is 2.33. The van der Waals surface area contributed by atoms with E-state index in [1.807, 2.05) is 62.3 Å². The Morgan fingerprint density at radius 2 is 1.71 bits per heavy atom. The predicted molar refractivity (Wildman–Crippen MR) is 136 cm³/mol. The van der Waals surface area contributed by atoms with Crippen LogP contribution in [0, 0.1) is 6.92 Å². The van der Waals surface area contributed by atoms with Crippen molar-refractivity contribution in [2.45, 2.75) is 44.7 Å². The number of carbonyl (C=O) groups excluding carboxylic acids is 1. The number of nitrogens with one attached hydrogen (secondary N) is 2. The standard InChI is InChI=1S/C25H30N6O2.ClH/c1-17-16-22(31(2)3)30-25(27-17)29-19-13-11-18(12-14-19)28-23(32)21-10-7-15-26-24(21)33-20-8-5-4-6-9-20;/h4-10,15-16,18-19H,11-14H2,1-3H3,(H,28,32)(H,27,29,30);1H/t18-,19+;. The van der Waals surface area contributed by atoms with E-state index < -0.39 is 0 Å². The lowest BCUT2D eigenvalue weighted by molar-refractivity contribution is 0.0923. The Bertz CT molecular complexity index is 1090. The summed E-state index contributed by atoms with van der Waals surface area (Å²) in [5, 5.41) is 6.62. The number of pyridine rings is 1. The molecule has 180 valence electrons. The topological polar surface area (TPSA) is 92.3 Å². The van der Waals surface area contributed by atoms with Gasteiger partial charge in [-0.25, -0.2) is 9.97 Å². The molecule has 2 aromatic heterocycles. The normalized spacial score (nSPS) is 17.3. The highest BCUT2D eigenvalue weighted by atomic mass is 35.5. The molecule has 1 aromatic carbocycles. The fraction of sp³-hybridized carbons (Fsp3) is 0.360. The molecule has 3 aromatic rings. The van der Waals surface area contributed by atoms with Crippen LogP contribution in [0.2, 0.25) is 0 Å². The third-order valence-corrected chi connectivity index (χ3v) is 5.67. The van der Waals surface area contributed by atoms with Crippen LogP contribution in [0.15, 0.2) is 54.7 Å². The number of benzene rings is 1. The fourth-order valence-corrected chi connectivity index (χ4v) is 3.92. The monoisotopic (exact) mass is 482 g/mol. The Hall–Kier alpha value is -3.39. The van der Waals surface area contributed by atoms with Crippen LogP contribution in [0.25, 0.3) is 0 Å². The molecule has 0 radical (unpaired) electrons. The molecule has 9 heteroatoms. The van der Waals surface area contributed by atoms with Gasteiger partial charge in [0.05, 0.1) is 0 Å². The molecule has 34 heavy (non-hydrogen) atoms. The van der Waals surface area contributed by atoms with Crippen molar-refractivity contribution in [2.24, 2.45) is 0 Å². The van der Waals surface area contributed by atoms with E-state index in [-0.39, 0.29) is 30.4 Å². The van der Waals surface area contributed by atoms with Gasteiger partial charge in [0.2, 0.25) is 11.8 Å². The van der Waals surface area contributed by atoms with Crippen molar-refractivity contribution in [3.63, 3.8) is 0 Å². The third-order valence-electron chi connectivity index (χ3n) is 5.67. The van der Waals surface area contributed by atoms with E-state index in [1.165, 1.54) is 0 Å². The van der Waals surface area contributed by atoms with E-state index in [0.29, 0.717) is 23.1 Å². The Morgan fingerprint density at radius 3 is 2.41 bits per heavy atom. The highest BCUT2D eigenvalue weighted by Crippen LogP contribution is 2.25. The zero-order valence-corrected chi connectivity index (χ0v) is 20.5. The van der Waals surface area contributed by atoms with Crippen molar-refractivity contribution >= 4 is 30.1 Å². The lowest BCUT2D eigenvalue weighted by Gasteiger charge is -2.30. The maximum atomic E-state index is 13.0. The molecule has 0 bridgehead atoms. The van der Waals surface area contributed by atoms with Crippen LogP contribution >= 0.6 is 12.4 Å². The van der Waals surface area contributed by atoms with E-state index in [0.717, 1.165) is 37.2 Å². The van der Waals surface area contributed by atoms with E-state index in [1.54, 1.807) is 18.3 Å². The summed E-state index contributed by atoms with van der Waals surface area (Å²) < 4.78 is 5.84. The minimum Gasteiger partial charge on any atom is -0.438 e. The van der Waals surface area contributed by atoms with Crippen molar-refractivity contribution in [1.82, 2.24) is 20.3 Å². The van der Waals surface area contributed by atoms with Gasteiger partial charge < -0.3 is 20.3 Å². The van der Waals surface area contributed by atoms with Crippen molar-refractivity contribution in [3.8, 4) is 11.6 Å². The minimum atomic E-state index is -0.164. The van der Waals surface area contributed by atoms with Gasteiger partial charge in [0.25, 0.3) is 5.91 Å². The second-order valence-electron chi connectivity index (χ2n) is 8.52. The van der Waals surface area contributed by atoms with Gasteiger partial charge in [0.15, 0.2) is 0 Å². The van der Waals surface area contributed by atoms with Gasteiger partial charge in [0, 0.05) is 44.1 Å². The van der Waals surface area contributed by atoms with Gasteiger partial charge in [-0.15, -0.1) is 12.4 Å². The van der Waals surface area contributed by atoms with Crippen LogP contribution in [0.4, 0.5) is 11.8 Å². The second-order valence-corrected chi connectivity index (χ2v) is 8.52. The van der Waals surface area contributed by atoms with Crippen molar-refractivity contribution in [3.05, 3.63) is 66.0 Å². The van der Waals surface area contributed by atoms with E-state index in [9.17, 15) is 4.79 Å². The molecular weight excluding hydrogens is 452 g/mol. The highest BCUT2D eigenvalue weighted by molar-refractivity contribution is 5.96. The summed E-state index contributed by atoms with van der Waals surface area (Å²) in [6, 6.07) is 15.2. The molecule has 4 rings (SSSR count). The van der Waals surface area contributed by atoms with Crippen LogP contribution in [-0.2, 0) is 0 Å². The molecule has 0 unspecified atom stereocenters. The minimum absolute atomic E-state index is 0. The molecule has 1 saturated carbocycles. The lowest BCUT2D eigenvalue weighted by Crippen LogP contribution is -2.40. The number of aryl methyl sites for hydroxylation is 1. The molecular formula is C25H31ClN6O2. The predicted octanol–water partition coefficient (Wildman–Crippen LogP) is 4.61. The Kier molecular flexibility index (Phi) is 8.65.